The summed E-state index contributed by atoms with van der Waals surface area (Å²) in [6.07, 6.45) is 1.18. The van der Waals surface area contributed by atoms with Gasteiger partial charge in [0.05, 0.1) is 0 Å². The number of rotatable bonds is 2. The summed E-state index contributed by atoms with van der Waals surface area (Å²) < 4.78 is 0. The molecule has 0 bridgehead atoms. The van der Waals surface area contributed by atoms with Crippen molar-refractivity contribution in [3.63, 3.8) is 0 Å². The average Bonchev–Trinajstić information content (AvgIpc) is 2.32. The fourth-order valence-electron chi connectivity index (χ4n) is 2.74. The molecule has 0 spiro atoms. The van der Waals surface area contributed by atoms with Gasteiger partial charge in [-0.1, -0.05) is 31.2 Å². The van der Waals surface area contributed by atoms with E-state index >= 15 is 0 Å². The summed E-state index contributed by atoms with van der Waals surface area (Å²) in [5.74, 6) is -0.985. The summed E-state index contributed by atoms with van der Waals surface area (Å²) in [7, 11) is 0. The lowest BCUT2D eigenvalue weighted by molar-refractivity contribution is -0.148. The van der Waals surface area contributed by atoms with E-state index in [4.69, 9.17) is 0 Å². The van der Waals surface area contributed by atoms with Gasteiger partial charge < -0.3 is 10.4 Å². The van der Waals surface area contributed by atoms with Crippen LogP contribution in [0, 0.1) is 0 Å². The molecule has 18 heavy (non-hydrogen) atoms. The third-order valence-electron chi connectivity index (χ3n) is 3.66. The van der Waals surface area contributed by atoms with Crippen LogP contribution in [0.1, 0.15) is 43.7 Å². The second-order valence-corrected chi connectivity index (χ2v) is 4.92. The summed E-state index contributed by atoms with van der Waals surface area (Å²) in [6.45, 7) is 3.43. The van der Waals surface area contributed by atoms with Crippen LogP contribution < -0.4 is 5.32 Å². The number of benzene rings is 1. The Hall–Kier alpha value is -1.84. The van der Waals surface area contributed by atoms with E-state index in [1.165, 1.54) is 6.92 Å². The van der Waals surface area contributed by atoms with Crippen LogP contribution >= 0.6 is 0 Å². The van der Waals surface area contributed by atoms with E-state index in [1.807, 2.05) is 18.2 Å². The van der Waals surface area contributed by atoms with Gasteiger partial charge in [-0.3, -0.25) is 4.79 Å². The predicted octanol–water partition coefficient (Wildman–Crippen LogP) is 2.00. The van der Waals surface area contributed by atoms with E-state index in [0.29, 0.717) is 17.9 Å². The fourth-order valence-corrected chi connectivity index (χ4v) is 2.74. The van der Waals surface area contributed by atoms with Gasteiger partial charge in [-0.25, -0.2) is 4.79 Å². The highest BCUT2D eigenvalue weighted by Gasteiger charge is 2.45. The Labute approximate surface area is 106 Å². The normalized spacial score (nSPS) is 26.2. The molecule has 0 heterocycles. The van der Waals surface area contributed by atoms with Gasteiger partial charge in [-0.2, -0.15) is 0 Å². The van der Waals surface area contributed by atoms with Crippen molar-refractivity contribution in [2.75, 3.05) is 0 Å². The quantitative estimate of drug-likeness (QED) is 0.840. The van der Waals surface area contributed by atoms with Crippen LogP contribution in [0.2, 0.25) is 0 Å². The third-order valence-corrected chi connectivity index (χ3v) is 3.66. The second kappa shape index (κ2) is 4.44. The lowest BCUT2D eigenvalue weighted by Gasteiger charge is -2.38. The number of carboxylic acids is 1. The van der Waals surface area contributed by atoms with Crippen LogP contribution in [0.15, 0.2) is 24.3 Å². The molecule has 1 aromatic carbocycles. The molecule has 0 saturated heterocycles. The number of carbonyl (C=O) groups is 2. The molecule has 0 saturated carbocycles. The molecule has 0 aliphatic heterocycles. The van der Waals surface area contributed by atoms with E-state index in [9.17, 15) is 14.7 Å². The number of carboxylic acid groups (broad SMARTS) is 1. The molecular formula is C14H17NO3. The Kier molecular flexibility index (Phi) is 3.11. The first-order chi connectivity index (χ1) is 8.47. The van der Waals surface area contributed by atoms with Crippen molar-refractivity contribution in [2.24, 2.45) is 0 Å². The van der Waals surface area contributed by atoms with Crippen molar-refractivity contribution < 1.29 is 14.7 Å². The number of carbonyl (C=O) groups excluding carboxylic acids is 1. The molecule has 2 N–H and O–H groups in total. The van der Waals surface area contributed by atoms with Crippen LogP contribution in [-0.4, -0.2) is 17.0 Å². The zero-order valence-corrected chi connectivity index (χ0v) is 10.6. The minimum atomic E-state index is -1.27. The van der Waals surface area contributed by atoms with Crippen LogP contribution in [0.25, 0.3) is 0 Å². The van der Waals surface area contributed by atoms with Crippen molar-refractivity contribution in [1.29, 1.82) is 0 Å². The molecule has 96 valence electrons. The molecule has 0 radical (unpaired) electrons. The summed E-state index contributed by atoms with van der Waals surface area (Å²) >= 11 is 0. The van der Waals surface area contributed by atoms with E-state index in [0.717, 1.165) is 12.0 Å². The number of hydrogen-bond donors (Lipinski definition) is 2. The van der Waals surface area contributed by atoms with Gasteiger partial charge in [0.2, 0.25) is 5.91 Å². The van der Waals surface area contributed by atoms with Crippen LogP contribution in [0.5, 0.6) is 0 Å². The third kappa shape index (κ3) is 1.88. The molecule has 1 amide bonds. The predicted molar refractivity (Wildman–Crippen MR) is 67.2 cm³/mol. The standard InChI is InChI=1S/C14H17NO3/c1-9-7-8-14(13(17)18,15-10(2)16)12-6-4-3-5-11(9)12/h3-6,9H,7-8H2,1-2H3,(H,15,16)(H,17,18). The molecule has 4 heteroatoms. The maximum absolute atomic E-state index is 11.7. The highest BCUT2D eigenvalue weighted by molar-refractivity contribution is 5.88. The number of amides is 1. The van der Waals surface area contributed by atoms with Crippen molar-refractivity contribution >= 4 is 11.9 Å². The Morgan fingerprint density at radius 3 is 2.67 bits per heavy atom. The van der Waals surface area contributed by atoms with Gasteiger partial charge >= 0.3 is 5.97 Å². The molecule has 2 rings (SSSR count). The van der Waals surface area contributed by atoms with E-state index in [2.05, 4.69) is 12.2 Å². The number of hydrogen-bond acceptors (Lipinski definition) is 2. The minimum absolute atomic E-state index is 0.318. The molecule has 0 aromatic heterocycles. The summed E-state index contributed by atoms with van der Waals surface area (Å²) in [6, 6.07) is 7.46. The lowest BCUT2D eigenvalue weighted by Crippen LogP contribution is -2.53. The molecule has 1 aliphatic rings. The van der Waals surface area contributed by atoms with Gasteiger partial charge in [0.25, 0.3) is 0 Å². The molecule has 2 atom stereocenters. The Balaban J connectivity index is 2.59. The highest BCUT2D eigenvalue weighted by atomic mass is 16.4. The fraction of sp³-hybridized carbons (Fsp3) is 0.429. The van der Waals surface area contributed by atoms with E-state index in [-0.39, 0.29) is 5.91 Å². The molecule has 1 aromatic rings. The smallest absolute Gasteiger partial charge is 0.334 e. The molecule has 1 aliphatic carbocycles. The number of fused-ring (bicyclic) bond motifs is 1. The summed E-state index contributed by atoms with van der Waals surface area (Å²) in [5.41, 5.74) is 0.459. The Morgan fingerprint density at radius 1 is 1.39 bits per heavy atom. The van der Waals surface area contributed by atoms with Gasteiger partial charge in [0.15, 0.2) is 5.54 Å². The Morgan fingerprint density at radius 2 is 2.06 bits per heavy atom. The van der Waals surface area contributed by atoms with Crippen LogP contribution in [0.3, 0.4) is 0 Å². The van der Waals surface area contributed by atoms with Crippen molar-refractivity contribution in [3.05, 3.63) is 35.4 Å². The zero-order valence-electron chi connectivity index (χ0n) is 10.6. The second-order valence-electron chi connectivity index (χ2n) is 4.92. The summed E-state index contributed by atoms with van der Waals surface area (Å²) in [5, 5.41) is 12.2. The topological polar surface area (TPSA) is 66.4 Å². The molecule has 0 fully saturated rings. The van der Waals surface area contributed by atoms with E-state index in [1.54, 1.807) is 6.07 Å². The first kappa shape index (κ1) is 12.6. The average molecular weight is 247 g/mol. The highest BCUT2D eigenvalue weighted by Crippen LogP contribution is 2.41. The van der Waals surface area contributed by atoms with Crippen molar-refractivity contribution in [1.82, 2.24) is 5.32 Å². The van der Waals surface area contributed by atoms with Gasteiger partial charge in [-0.05, 0) is 29.9 Å². The molecule has 4 nitrogen and oxygen atoms in total. The minimum Gasteiger partial charge on any atom is -0.479 e. The van der Waals surface area contributed by atoms with Gasteiger partial charge in [-0.15, -0.1) is 0 Å². The van der Waals surface area contributed by atoms with Crippen molar-refractivity contribution in [2.45, 2.75) is 38.1 Å². The van der Waals surface area contributed by atoms with Gasteiger partial charge in [0, 0.05) is 6.92 Å². The van der Waals surface area contributed by atoms with Crippen LogP contribution in [0.4, 0.5) is 0 Å². The first-order valence-corrected chi connectivity index (χ1v) is 6.09. The first-order valence-electron chi connectivity index (χ1n) is 6.09. The number of nitrogens with one attached hydrogen (secondary N) is 1. The van der Waals surface area contributed by atoms with Crippen molar-refractivity contribution in [3.8, 4) is 0 Å². The largest absolute Gasteiger partial charge is 0.479 e. The zero-order chi connectivity index (χ0) is 13.3. The maximum atomic E-state index is 11.7. The van der Waals surface area contributed by atoms with Gasteiger partial charge in [0.1, 0.15) is 0 Å². The number of aliphatic carboxylic acids is 1. The van der Waals surface area contributed by atoms with Crippen LogP contribution in [-0.2, 0) is 15.1 Å². The summed E-state index contributed by atoms with van der Waals surface area (Å²) in [4.78, 5) is 23.0. The molecule has 2 unspecified atom stereocenters. The SMILES string of the molecule is CC(=O)NC1(C(=O)O)CCC(C)c2ccccc21. The monoisotopic (exact) mass is 247 g/mol. The Bertz CT molecular complexity index is 498. The molecular weight excluding hydrogens is 230 g/mol. The van der Waals surface area contributed by atoms with E-state index < -0.39 is 11.5 Å². The maximum Gasteiger partial charge on any atom is 0.334 e. The lowest BCUT2D eigenvalue weighted by atomic mass is 9.72.